The van der Waals surface area contributed by atoms with Crippen molar-refractivity contribution in [1.82, 2.24) is 15.2 Å². The predicted octanol–water partition coefficient (Wildman–Crippen LogP) is 2.58. The molecule has 1 aromatic heterocycles. The number of hydrogen-bond acceptors (Lipinski definition) is 4. The zero-order valence-electron chi connectivity index (χ0n) is 12.0. The summed E-state index contributed by atoms with van der Waals surface area (Å²) in [4.78, 5) is 8.35. The van der Waals surface area contributed by atoms with Gasteiger partial charge in [-0.1, -0.05) is 6.92 Å². The first-order chi connectivity index (χ1) is 8.48. The van der Waals surface area contributed by atoms with Crippen molar-refractivity contribution in [3.05, 3.63) is 15.6 Å². The van der Waals surface area contributed by atoms with Gasteiger partial charge >= 0.3 is 0 Å². The first-order valence-electron chi connectivity index (χ1n) is 6.81. The van der Waals surface area contributed by atoms with Gasteiger partial charge in [-0.2, -0.15) is 0 Å². The molecule has 1 aliphatic rings. The maximum atomic E-state index is 4.58. The maximum Gasteiger partial charge on any atom is 0.107 e. The number of likely N-dealkylation sites (tertiary alicyclic amines) is 1. The molecule has 1 saturated heterocycles. The van der Waals surface area contributed by atoms with Gasteiger partial charge < -0.3 is 10.2 Å². The molecular formula is C14H25N3S. The van der Waals surface area contributed by atoms with E-state index in [0.29, 0.717) is 5.41 Å². The van der Waals surface area contributed by atoms with Crippen LogP contribution in [0.25, 0.3) is 0 Å². The standard InChI is InChI=1S/C14H25N3S/c1-11-12(2)18-13(16-11)9-15-10-14(3)5-7-17(4)8-6-14/h15H,5-10H2,1-4H3. The lowest BCUT2D eigenvalue weighted by Gasteiger charge is -2.38. The molecular weight excluding hydrogens is 242 g/mol. The first-order valence-corrected chi connectivity index (χ1v) is 7.62. The molecule has 102 valence electrons. The van der Waals surface area contributed by atoms with Crippen LogP contribution in [0.1, 0.15) is 35.3 Å². The van der Waals surface area contributed by atoms with Gasteiger partial charge in [0, 0.05) is 18.0 Å². The van der Waals surface area contributed by atoms with Gasteiger partial charge in [-0.15, -0.1) is 11.3 Å². The van der Waals surface area contributed by atoms with E-state index in [9.17, 15) is 0 Å². The van der Waals surface area contributed by atoms with E-state index in [0.717, 1.165) is 13.1 Å². The quantitative estimate of drug-likeness (QED) is 0.909. The normalized spacial score (nSPS) is 20.2. The molecule has 3 nitrogen and oxygen atoms in total. The molecule has 0 atom stereocenters. The minimum Gasteiger partial charge on any atom is -0.310 e. The molecule has 0 aliphatic carbocycles. The second-order valence-electron chi connectivity index (χ2n) is 5.97. The third-order valence-corrected chi connectivity index (χ3v) is 5.17. The fourth-order valence-corrected chi connectivity index (χ4v) is 3.32. The summed E-state index contributed by atoms with van der Waals surface area (Å²) in [6, 6.07) is 0. The lowest BCUT2D eigenvalue weighted by Crippen LogP contribution is -2.41. The molecule has 0 amide bonds. The Morgan fingerprint density at radius 2 is 2.00 bits per heavy atom. The van der Waals surface area contributed by atoms with Gasteiger partial charge in [-0.05, 0) is 52.2 Å². The molecule has 2 rings (SSSR count). The van der Waals surface area contributed by atoms with Gasteiger partial charge in [-0.25, -0.2) is 4.98 Å². The molecule has 1 fully saturated rings. The number of rotatable bonds is 4. The van der Waals surface area contributed by atoms with Gasteiger partial charge in [0.25, 0.3) is 0 Å². The van der Waals surface area contributed by atoms with Gasteiger partial charge in [-0.3, -0.25) is 0 Å². The molecule has 1 aliphatic heterocycles. The van der Waals surface area contributed by atoms with E-state index in [-0.39, 0.29) is 0 Å². The van der Waals surface area contributed by atoms with Crippen molar-refractivity contribution >= 4 is 11.3 Å². The summed E-state index contributed by atoms with van der Waals surface area (Å²) in [5.74, 6) is 0. The van der Waals surface area contributed by atoms with Crippen molar-refractivity contribution in [1.29, 1.82) is 0 Å². The van der Waals surface area contributed by atoms with E-state index >= 15 is 0 Å². The zero-order valence-corrected chi connectivity index (χ0v) is 12.9. The lowest BCUT2D eigenvalue weighted by molar-refractivity contribution is 0.137. The minimum atomic E-state index is 0.466. The average molecular weight is 267 g/mol. The summed E-state index contributed by atoms with van der Waals surface area (Å²) in [6.07, 6.45) is 2.60. The van der Waals surface area contributed by atoms with Crippen molar-refractivity contribution in [3.8, 4) is 0 Å². The van der Waals surface area contributed by atoms with Gasteiger partial charge in [0.15, 0.2) is 0 Å². The molecule has 1 N–H and O–H groups in total. The molecule has 0 bridgehead atoms. The lowest BCUT2D eigenvalue weighted by atomic mass is 9.80. The Hall–Kier alpha value is -0.450. The summed E-state index contributed by atoms with van der Waals surface area (Å²) in [5, 5.41) is 4.82. The molecule has 0 aromatic carbocycles. The van der Waals surface area contributed by atoms with Gasteiger partial charge in [0.05, 0.1) is 5.69 Å². The van der Waals surface area contributed by atoms with Crippen molar-refractivity contribution in [2.24, 2.45) is 5.41 Å². The summed E-state index contributed by atoms with van der Waals surface area (Å²) >= 11 is 1.82. The zero-order chi connectivity index (χ0) is 13.2. The largest absolute Gasteiger partial charge is 0.310 e. The number of nitrogens with one attached hydrogen (secondary N) is 1. The number of hydrogen-bond donors (Lipinski definition) is 1. The molecule has 0 spiro atoms. The Kier molecular flexibility index (Phi) is 4.41. The molecule has 0 unspecified atom stereocenters. The van der Waals surface area contributed by atoms with Crippen LogP contribution in [0.15, 0.2) is 0 Å². The number of piperidine rings is 1. The smallest absolute Gasteiger partial charge is 0.107 e. The highest BCUT2D eigenvalue weighted by molar-refractivity contribution is 7.11. The summed E-state index contributed by atoms with van der Waals surface area (Å²) < 4.78 is 0. The van der Waals surface area contributed by atoms with Crippen molar-refractivity contribution < 1.29 is 0 Å². The number of aryl methyl sites for hydroxylation is 2. The van der Waals surface area contributed by atoms with Crippen LogP contribution in [0.2, 0.25) is 0 Å². The second kappa shape index (κ2) is 5.68. The molecule has 1 aromatic rings. The topological polar surface area (TPSA) is 28.2 Å². The number of nitrogens with zero attached hydrogens (tertiary/aromatic N) is 2. The van der Waals surface area contributed by atoms with Gasteiger partial charge in [0.2, 0.25) is 0 Å². The molecule has 18 heavy (non-hydrogen) atoms. The minimum absolute atomic E-state index is 0.466. The van der Waals surface area contributed by atoms with Crippen LogP contribution in [0.3, 0.4) is 0 Å². The van der Waals surface area contributed by atoms with Crippen LogP contribution in [-0.4, -0.2) is 36.6 Å². The van der Waals surface area contributed by atoms with E-state index in [4.69, 9.17) is 0 Å². The molecule has 2 heterocycles. The Bertz CT molecular complexity index is 372. The fraction of sp³-hybridized carbons (Fsp3) is 0.786. The third kappa shape index (κ3) is 3.53. The number of aromatic nitrogens is 1. The first kappa shape index (κ1) is 14.0. The van der Waals surface area contributed by atoms with Crippen LogP contribution >= 0.6 is 11.3 Å². The highest BCUT2D eigenvalue weighted by Crippen LogP contribution is 2.29. The Balaban J connectivity index is 1.78. The monoisotopic (exact) mass is 267 g/mol. The predicted molar refractivity (Wildman–Crippen MR) is 78.1 cm³/mol. The number of thiazole rings is 1. The van der Waals surface area contributed by atoms with Crippen LogP contribution in [0, 0.1) is 19.3 Å². The van der Waals surface area contributed by atoms with E-state index in [1.165, 1.54) is 41.5 Å². The third-order valence-electron chi connectivity index (χ3n) is 4.09. The van der Waals surface area contributed by atoms with E-state index < -0.39 is 0 Å². The highest BCUT2D eigenvalue weighted by atomic mass is 32.1. The Morgan fingerprint density at radius 3 is 2.56 bits per heavy atom. The van der Waals surface area contributed by atoms with Crippen molar-refractivity contribution in [3.63, 3.8) is 0 Å². The average Bonchev–Trinajstić information content (AvgIpc) is 2.63. The molecule has 0 saturated carbocycles. The van der Waals surface area contributed by atoms with Crippen molar-refractivity contribution in [2.45, 2.75) is 40.2 Å². The maximum absolute atomic E-state index is 4.58. The van der Waals surface area contributed by atoms with E-state index in [1.54, 1.807) is 0 Å². The van der Waals surface area contributed by atoms with E-state index in [2.05, 4.69) is 43.0 Å². The Labute approximate surface area is 115 Å². The summed E-state index contributed by atoms with van der Waals surface area (Å²) in [7, 11) is 2.22. The van der Waals surface area contributed by atoms with Crippen LogP contribution in [-0.2, 0) is 6.54 Å². The summed E-state index contributed by atoms with van der Waals surface area (Å²) in [5.41, 5.74) is 1.65. The molecule has 0 radical (unpaired) electrons. The van der Waals surface area contributed by atoms with E-state index in [1.807, 2.05) is 11.3 Å². The summed E-state index contributed by atoms with van der Waals surface area (Å²) in [6.45, 7) is 11.1. The Morgan fingerprint density at radius 1 is 1.33 bits per heavy atom. The SMILES string of the molecule is Cc1nc(CNCC2(C)CCN(C)CC2)sc1C. The molecule has 4 heteroatoms. The highest BCUT2D eigenvalue weighted by Gasteiger charge is 2.28. The van der Waals surface area contributed by atoms with Gasteiger partial charge in [0.1, 0.15) is 5.01 Å². The van der Waals surface area contributed by atoms with Crippen molar-refractivity contribution in [2.75, 3.05) is 26.7 Å². The second-order valence-corrected chi connectivity index (χ2v) is 7.25. The van der Waals surface area contributed by atoms with Crippen LogP contribution < -0.4 is 5.32 Å². The van der Waals surface area contributed by atoms with Crippen LogP contribution in [0.5, 0.6) is 0 Å². The van der Waals surface area contributed by atoms with Crippen LogP contribution in [0.4, 0.5) is 0 Å². The fourth-order valence-electron chi connectivity index (χ4n) is 2.42.